The van der Waals surface area contributed by atoms with Crippen molar-refractivity contribution in [2.75, 3.05) is 39.3 Å². The normalized spacial score (nSPS) is 21.2. The van der Waals surface area contributed by atoms with E-state index in [2.05, 4.69) is 10.2 Å². The predicted octanol–water partition coefficient (Wildman–Crippen LogP) is 3.60. The Morgan fingerprint density at radius 3 is 2.38 bits per heavy atom. The Morgan fingerprint density at radius 1 is 1.05 bits per heavy atom. The number of sulfonamides is 1. The van der Waals surface area contributed by atoms with Gasteiger partial charge in [0.1, 0.15) is 0 Å². The lowest BCUT2D eigenvalue weighted by Crippen LogP contribution is -2.56. The van der Waals surface area contributed by atoms with E-state index < -0.39 is 22.0 Å². The van der Waals surface area contributed by atoms with Crippen molar-refractivity contribution in [3.63, 3.8) is 0 Å². The molecule has 0 saturated carbocycles. The average molecular weight is 555 g/mol. The fraction of sp³-hybridized carbons (Fsp3) is 0.448. The second-order valence-electron chi connectivity index (χ2n) is 10.1. The number of hydrogen-bond acceptors (Lipinski definition) is 6. The number of carbonyl (C=O) groups excluding carboxylic acids is 2. The molecule has 2 heterocycles. The molecule has 10 heteroatoms. The number of likely N-dealkylation sites (N-methyl/N-ethyl adjacent to an activating group) is 1. The molecular weight excluding hydrogens is 516 g/mol. The van der Waals surface area contributed by atoms with Gasteiger partial charge < -0.3 is 10.1 Å². The highest BCUT2D eigenvalue weighted by molar-refractivity contribution is 7.89. The van der Waals surface area contributed by atoms with Gasteiger partial charge in [-0.3, -0.25) is 9.80 Å². The molecule has 2 aromatic carbocycles. The first kappa shape index (κ1) is 28.8. The molecule has 9 nitrogen and oxygen atoms in total. The molecule has 0 radical (unpaired) electrons. The summed E-state index contributed by atoms with van der Waals surface area (Å²) in [4.78, 5) is 30.5. The highest BCUT2D eigenvalue weighted by Crippen LogP contribution is 2.33. The number of piperazine rings is 1. The fourth-order valence-electron chi connectivity index (χ4n) is 5.33. The molecule has 2 amide bonds. The van der Waals surface area contributed by atoms with Crippen LogP contribution in [0.3, 0.4) is 0 Å². The molecule has 0 spiro atoms. The summed E-state index contributed by atoms with van der Waals surface area (Å²) in [5.74, 6) is -0.467. The SMILES string of the molecule is CCOC(=O)C1=C(CN2CCN(S(=O)(=O)c3ccc(C)cc3)[C@H](C)C2)N(CC)C(=O)N[C@H]1c1cccc(C)c1. The summed E-state index contributed by atoms with van der Waals surface area (Å²) in [7, 11) is -3.64. The van der Waals surface area contributed by atoms with Gasteiger partial charge in [-0.25, -0.2) is 18.0 Å². The first-order valence-electron chi connectivity index (χ1n) is 13.4. The minimum atomic E-state index is -3.64. The van der Waals surface area contributed by atoms with Crippen LogP contribution in [-0.2, 0) is 19.6 Å². The van der Waals surface area contributed by atoms with Gasteiger partial charge in [0, 0.05) is 44.5 Å². The van der Waals surface area contributed by atoms with Crippen LogP contribution in [0.2, 0.25) is 0 Å². The van der Waals surface area contributed by atoms with Crippen LogP contribution in [-0.4, -0.2) is 79.9 Å². The Morgan fingerprint density at radius 2 is 1.77 bits per heavy atom. The third-order valence-corrected chi connectivity index (χ3v) is 9.30. The topological polar surface area (TPSA) is 99.3 Å². The van der Waals surface area contributed by atoms with Gasteiger partial charge in [-0.05, 0) is 52.3 Å². The average Bonchev–Trinajstić information content (AvgIpc) is 2.89. The van der Waals surface area contributed by atoms with Crippen molar-refractivity contribution < 1.29 is 22.7 Å². The summed E-state index contributed by atoms with van der Waals surface area (Å²) in [6, 6.07) is 13.4. The zero-order chi connectivity index (χ0) is 28.3. The number of benzene rings is 2. The summed E-state index contributed by atoms with van der Waals surface area (Å²) >= 11 is 0. The maximum atomic E-state index is 13.4. The Kier molecular flexibility index (Phi) is 8.78. The number of aryl methyl sites for hydroxylation is 2. The largest absolute Gasteiger partial charge is 0.463 e. The molecule has 2 aliphatic rings. The predicted molar refractivity (Wildman–Crippen MR) is 149 cm³/mol. The van der Waals surface area contributed by atoms with Crippen molar-refractivity contribution in [2.24, 2.45) is 0 Å². The third kappa shape index (κ3) is 6.03. The maximum absolute atomic E-state index is 13.4. The first-order chi connectivity index (χ1) is 18.6. The lowest BCUT2D eigenvalue weighted by Gasteiger charge is -2.42. The molecule has 0 aromatic heterocycles. The summed E-state index contributed by atoms with van der Waals surface area (Å²) in [5, 5.41) is 3.00. The van der Waals surface area contributed by atoms with Crippen LogP contribution in [0, 0.1) is 13.8 Å². The standard InChI is InChI=1S/C29H38N4O5S/c1-6-32-25(26(28(34)38-7-2)27(30-29(32)35)23-10-8-9-21(4)17-23)19-31-15-16-33(22(5)18-31)39(36,37)24-13-11-20(3)12-14-24/h8-14,17,22,27H,6-7,15-16,18-19H2,1-5H3,(H,30,35)/t22-,27+/m1/s1. The van der Waals surface area contributed by atoms with Gasteiger partial charge in [-0.1, -0.05) is 47.5 Å². The van der Waals surface area contributed by atoms with Crippen molar-refractivity contribution in [1.29, 1.82) is 0 Å². The number of amides is 2. The van der Waals surface area contributed by atoms with Crippen LogP contribution in [0.4, 0.5) is 4.79 Å². The summed E-state index contributed by atoms with van der Waals surface area (Å²) in [5.41, 5.74) is 3.82. The van der Waals surface area contributed by atoms with Crippen molar-refractivity contribution in [3.05, 3.63) is 76.5 Å². The summed E-state index contributed by atoms with van der Waals surface area (Å²) in [6.45, 7) is 11.5. The van der Waals surface area contributed by atoms with E-state index in [1.54, 1.807) is 36.1 Å². The van der Waals surface area contributed by atoms with Gasteiger partial charge in [-0.2, -0.15) is 4.31 Å². The minimum absolute atomic E-state index is 0.211. The van der Waals surface area contributed by atoms with Gasteiger partial charge in [0.05, 0.1) is 23.1 Å². The van der Waals surface area contributed by atoms with E-state index in [4.69, 9.17) is 4.74 Å². The van der Waals surface area contributed by atoms with E-state index in [1.165, 1.54) is 4.31 Å². The Balaban J connectivity index is 1.65. The van der Waals surface area contributed by atoms with E-state index in [1.807, 2.05) is 52.0 Å². The van der Waals surface area contributed by atoms with E-state index in [9.17, 15) is 18.0 Å². The first-order valence-corrected chi connectivity index (χ1v) is 14.9. The van der Waals surface area contributed by atoms with Crippen molar-refractivity contribution >= 4 is 22.0 Å². The van der Waals surface area contributed by atoms with Crippen LogP contribution >= 0.6 is 0 Å². The summed E-state index contributed by atoms with van der Waals surface area (Å²) < 4.78 is 33.7. The number of carbonyl (C=O) groups is 2. The van der Waals surface area contributed by atoms with Crippen molar-refractivity contribution in [2.45, 2.75) is 51.6 Å². The Bertz CT molecular complexity index is 1360. The van der Waals surface area contributed by atoms with Crippen LogP contribution in [0.5, 0.6) is 0 Å². The van der Waals surface area contributed by atoms with Crippen LogP contribution in [0.15, 0.2) is 64.7 Å². The number of hydrogen-bond donors (Lipinski definition) is 1. The molecule has 1 saturated heterocycles. The zero-order valence-electron chi connectivity index (χ0n) is 23.3. The fourth-order valence-corrected chi connectivity index (χ4v) is 6.95. The second kappa shape index (κ2) is 11.9. The van der Waals surface area contributed by atoms with Gasteiger partial charge in [0.15, 0.2) is 0 Å². The molecule has 39 heavy (non-hydrogen) atoms. The molecule has 2 aliphatic heterocycles. The van der Waals surface area contributed by atoms with Crippen LogP contribution < -0.4 is 5.32 Å². The summed E-state index contributed by atoms with van der Waals surface area (Å²) in [6.07, 6.45) is 0. The molecule has 0 unspecified atom stereocenters. The smallest absolute Gasteiger partial charge is 0.338 e. The number of rotatable bonds is 8. The maximum Gasteiger partial charge on any atom is 0.338 e. The van der Waals surface area contributed by atoms with Gasteiger partial charge in [0.2, 0.25) is 10.0 Å². The number of urea groups is 1. The van der Waals surface area contributed by atoms with E-state index >= 15 is 0 Å². The quantitative estimate of drug-likeness (QED) is 0.501. The molecule has 1 fully saturated rings. The highest BCUT2D eigenvalue weighted by atomic mass is 32.2. The zero-order valence-corrected chi connectivity index (χ0v) is 24.1. The van der Waals surface area contributed by atoms with Crippen molar-refractivity contribution in [3.8, 4) is 0 Å². The minimum Gasteiger partial charge on any atom is -0.463 e. The van der Waals surface area contributed by atoms with Gasteiger partial charge in [-0.15, -0.1) is 0 Å². The molecule has 2 atom stereocenters. The van der Waals surface area contributed by atoms with E-state index in [0.29, 0.717) is 44.0 Å². The third-order valence-electron chi connectivity index (χ3n) is 7.28. The molecule has 4 rings (SSSR count). The van der Waals surface area contributed by atoms with E-state index in [0.717, 1.165) is 16.7 Å². The lowest BCUT2D eigenvalue weighted by molar-refractivity contribution is -0.139. The molecule has 0 bridgehead atoms. The highest BCUT2D eigenvalue weighted by Gasteiger charge is 2.40. The van der Waals surface area contributed by atoms with Crippen LogP contribution in [0.1, 0.15) is 43.5 Å². The van der Waals surface area contributed by atoms with Gasteiger partial charge >= 0.3 is 12.0 Å². The number of nitrogens with one attached hydrogen (secondary N) is 1. The molecule has 1 N–H and O–H groups in total. The second-order valence-corrected chi connectivity index (χ2v) is 12.0. The van der Waals surface area contributed by atoms with Crippen LogP contribution in [0.25, 0.3) is 0 Å². The molecular formula is C29H38N4O5S. The molecule has 210 valence electrons. The lowest BCUT2D eigenvalue weighted by atomic mass is 9.93. The van der Waals surface area contributed by atoms with E-state index in [-0.39, 0.29) is 23.6 Å². The number of ether oxygens (including phenoxy) is 1. The molecule has 2 aromatic rings. The molecule has 0 aliphatic carbocycles. The number of esters is 1. The van der Waals surface area contributed by atoms with Gasteiger partial charge in [0.25, 0.3) is 0 Å². The Hall–Kier alpha value is -3.21. The monoisotopic (exact) mass is 554 g/mol. The van der Waals surface area contributed by atoms with Crippen molar-refractivity contribution in [1.82, 2.24) is 19.4 Å². The number of nitrogens with zero attached hydrogens (tertiary/aromatic N) is 3. The Labute approximate surface area is 231 Å².